The highest BCUT2D eigenvalue weighted by molar-refractivity contribution is 8.76. The van der Waals surface area contributed by atoms with Crippen molar-refractivity contribution in [1.82, 2.24) is 10.6 Å². The topological polar surface area (TPSA) is 58.2 Å². The third-order valence-electron chi connectivity index (χ3n) is 1.11. The highest BCUT2D eigenvalue weighted by Crippen LogP contribution is 2.19. The van der Waals surface area contributed by atoms with Gasteiger partial charge in [-0.2, -0.15) is 0 Å². The molecule has 6 heteroatoms. The Hall–Kier alpha value is -0.360. The molecule has 0 aliphatic heterocycles. The number of hydrogen-bond acceptors (Lipinski definition) is 4. The minimum Gasteiger partial charge on any atom is -0.358 e. The van der Waals surface area contributed by atoms with Crippen LogP contribution in [0, 0.1) is 0 Å². The van der Waals surface area contributed by atoms with Crippen LogP contribution in [0.4, 0.5) is 0 Å². The minimum atomic E-state index is -0.0168. The van der Waals surface area contributed by atoms with Gasteiger partial charge >= 0.3 is 0 Å². The van der Waals surface area contributed by atoms with Gasteiger partial charge in [-0.25, -0.2) is 0 Å². The molecule has 0 fully saturated rings. The second-order valence-corrected chi connectivity index (χ2v) is 4.82. The van der Waals surface area contributed by atoms with E-state index in [1.807, 2.05) is 0 Å². The standard InChI is InChI=1S/C7H14N2O2S2/c1-6(10)9-3-4-12-13-5-7(11)8-2/h3-5H2,1-2H3,(H,8,11)(H,9,10). The van der Waals surface area contributed by atoms with Gasteiger partial charge in [-0.05, 0) is 0 Å². The smallest absolute Gasteiger partial charge is 0.230 e. The Morgan fingerprint density at radius 3 is 2.54 bits per heavy atom. The lowest BCUT2D eigenvalue weighted by Crippen LogP contribution is -2.22. The molecule has 0 radical (unpaired) electrons. The zero-order chi connectivity index (χ0) is 10.1. The summed E-state index contributed by atoms with van der Waals surface area (Å²) in [4.78, 5) is 21.2. The fourth-order valence-corrected chi connectivity index (χ4v) is 2.31. The molecule has 0 spiro atoms. The molecule has 0 aliphatic carbocycles. The van der Waals surface area contributed by atoms with Crippen molar-refractivity contribution in [3.8, 4) is 0 Å². The molecule has 2 N–H and O–H groups in total. The Balaban J connectivity index is 3.08. The van der Waals surface area contributed by atoms with Gasteiger partial charge in [0.05, 0.1) is 5.75 Å². The summed E-state index contributed by atoms with van der Waals surface area (Å²) in [5.74, 6) is 1.29. The second kappa shape index (κ2) is 8.25. The lowest BCUT2D eigenvalue weighted by Gasteiger charge is -2.01. The molecule has 0 unspecified atom stereocenters. The molecule has 0 aromatic heterocycles. The molecule has 0 bridgehead atoms. The predicted octanol–water partition coefficient (Wildman–Crippen LogP) is 0.250. The lowest BCUT2D eigenvalue weighted by molar-refractivity contribution is -0.119. The molecule has 13 heavy (non-hydrogen) atoms. The molecule has 0 aliphatic rings. The Kier molecular flexibility index (Phi) is 8.02. The molecule has 0 heterocycles. The van der Waals surface area contributed by atoms with E-state index in [0.717, 1.165) is 5.75 Å². The number of nitrogens with one attached hydrogen (secondary N) is 2. The second-order valence-electron chi connectivity index (χ2n) is 2.24. The van der Waals surface area contributed by atoms with Crippen molar-refractivity contribution in [2.24, 2.45) is 0 Å². The third-order valence-corrected chi connectivity index (χ3v) is 3.38. The van der Waals surface area contributed by atoms with Crippen molar-refractivity contribution in [2.45, 2.75) is 6.92 Å². The van der Waals surface area contributed by atoms with Crippen LogP contribution in [0.3, 0.4) is 0 Å². The van der Waals surface area contributed by atoms with E-state index in [9.17, 15) is 9.59 Å². The van der Waals surface area contributed by atoms with Crippen molar-refractivity contribution in [2.75, 3.05) is 25.1 Å². The minimum absolute atomic E-state index is 0.0168. The highest BCUT2D eigenvalue weighted by Gasteiger charge is 1.97. The van der Waals surface area contributed by atoms with Crippen LogP contribution in [0.5, 0.6) is 0 Å². The first-order chi connectivity index (χ1) is 6.16. The van der Waals surface area contributed by atoms with Crippen LogP contribution in [0.15, 0.2) is 0 Å². The summed E-state index contributed by atoms with van der Waals surface area (Å²) in [5.41, 5.74) is 0. The molecule has 2 amide bonds. The van der Waals surface area contributed by atoms with Crippen LogP contribution in [0.1, 0.15) is 6.92 Å². The summed E-state index contributed by atoms with van der Waals surface area (Å²) in [6.07, 6.45) is 0. The number of amides is 2. The Bertz CT molecular complexity index is 176. The van der Waals surface area contributed by atoms with E-state index in [1.54, 1.807) is 17.8 Å². The quantitative estimate of drug-likeness (QED) is 0.499. The molecule has 0 saturated carbocycles. The van der Waals surface area contributed by atoms with Gasteiger partial charge in [-0.1, -0.05) is 21.6 Å². The highest BCUT2D eigenvalue weighted by atomic mass is 33.1. The van der Waals surface area contributed by atoms with Crippen molar-refractivity contribution in [3.05, 3.63) is 0 Å². The third kappa shape index (κ3) is 9.55. The van der Waals surface area contributed by atoms with Gasteiger partial charge in [-0.15, -0.1) is 0 Å². The van der Waals surface area contributed by atoms with Gasteiger partial charge in [0.15, 0.2) is 0 Å². The van der Waals surface area contributed by atoms with Crippen molar-refractivity contribution >= 4 is 33.4 Å². The summed E-state index contributed by atoms with van der Waals surface area (Å²) >= 11 is 0. The molecular weight excluding hydrogens is 208 g/mol. The lowest BCUT2D eigenvalue weighted by atomic mass is 10.6. The number of carbonyl (C=O) groups excluding carboxylic acids is 2. The summed E-state index contributed by atoms with van der Waals surface area (Å²) in [7, 11) is 4.69. The van der Waals surface area contributed by atoms with Crippen LogP contribution >= 0.6 is 21.6 Å². The SMILES string of the molecule is CNC(=O)CSSCCNC(C)=O. The summed E-state index contributed by atoms with van der Waals surface area (Å²) in [5, 5.41) is 5.21. The molecule has 0 rings (SSSR count). The maximum Gasteiger partial charge on any atom is 0.230 e. The van der Waals surface area contributed by atoms with Gasteiger partial charge in [0.25, 0.3) is 0 Å². The van der Waals surface area contributed by atoms with Crippen LogP contribution < -0.4 is 10.6 Å². The molecule has 0 aromatic rings. The van der Waals surface area contributed by atoms with Crippen LogP contribution in [0.25, 0.3) is 0 Å². The van der Waals surface area contributed by atoms with E-state index < -0.39 is 0 Å². The Labute approximate surface area is 86.0 Å². The van der Waals surface area contributed by atoms with E-state index >= 15 is 0 Å². The first kappa shape index (κ1) is 12.6. The van der Waals surface area contributed by atoms with Gasteiger partial charge < -0.3 is 10.6 Å². The van der Waals surface area contributed by atoms with E-state index in [0.29, 0.717) is 12.3 Å². The predicted molar refractivity (Wildman–Crippen MR) is 57.7 cm³/mol. The average molecular weight is 222 g/mol. The van der Waals surface area contributed by atoms with E-state index in [1.165, 1.54) is 17.7 Å². The monoisotopic (exact) mass is 222 g/mol. The van der Waals surface area contributed by atoms with E-state index in [-0.39, 0.29) is 11.8 Å². The van der Waals surface area contributed by atoms with Gasteiger partial charge in [0.2, 0.25) is 11.8 Å². The fraction of sp³-hybridized carbons (Fsp3) is 0.714. The van der Waals surface area contributed by atoms with Crippen LogP contribution in [-0.4, -0.2) is 36.9 Å². The van der Waals surface area contributed by atoms with Gasteiger partial charge in [0.1, 0.15) is 0 Å². The molecule has 4 nitrogen and oxygen atoms in total. The van der Waals surface area contributed by atoms with Crippen molar-refractivity contribution in [3.63, 3.8) is 0 Å². The number of carbonyl (C=O) groups is 2. The maximum atomic E-state index is 10.7. The maximum absolute atomic E-state index is 10.7. The van der Waals surface area contributed by atoms with Gasteiger partial charge in [0, 0.05) is 26.3 Å². The largest absolute Gasteiger partial charge is 0.358 e. The number of rotatable bonds is 6. The zero-order valence-electron chi connectivity index (χ0n) is 7.75. The van der Waals surface area contributed by atoms with Gasteiger partial charge in [-0.3, -0.25) is 9.59 Å². The van der Waals surface area contributed by atoms with Crippen molar-refractivity contribution in [1.29, 1.82) is 0 Å². The van der Waals surface area contributed by atoms with Crippen molar-refractivity contribution < 1.29 is 9.59 Å². The summed E-state index contributed by atoms with van der Waals surface area (Å²) in [6, 6.07) is 0. The Morgan fingerprint density at radius 1 is 1.31 bits per heavy atom. The molecular formula is C7H14N2O2S2. The van der Waals surface area contributed by atoms with E-state index in [2.05, 4.69) is 10.6 Å². The Morgan fingerprint density at radius 2 is 2.00 bits per heavy atom. The first-order valence-corrected chi connectivity index (χ1v) is 6.35. The summed E-state index contributed by atoms with van der Waals surface area (Å²) in [6.45, 7) is 2.14. The summed E-state index contributed by atoms with van der Waals surface area (Å²) < 4.78 is 0. The first-order valence-electron chi connectivity index (χ1n) is 3.86. The molecule has 0 saturated heterocycles. The van der Waals surface area contributed by atoms with Crippen LogP contribution in [0.2, 0.25) is 0 Å². The molecule has 76 valence electrons. The number of hydrogen-bond donors (Lipinski definition) is 2. The van der Waals surface area contributed by atoms with E-state index in [4.69, 9.17) is 0 Å². The average Bonchev–Trinajstić information content (AvgIpc) is 2.10. The fourth-order valence-electron chi connectivity index (χ4n) is 0.495. The normalized spacial score (nSPS) is 9.38. The zero-order valence-corrected chi connectivity index (χ0v) is 9.39. The van der Waals surface area contributed by atoms with Crippen LogP contribution in [-0.2, 0) is 9.59 Å². The molecule has 0 aromatic carbocycles. The molecule has 0 atom stereocenters.